The lowest BCUT2D eigenvalue weighted by atomic mass is 9.98. The summed E-state index contributed by atoms with van der Waals surface area (Å²) in [5, 5.41) is 7.31. The predicted molar refractivity (Wildman–Crippen MR) is 85.1 cm³/mol. The summed E-state index contributed by atoms with van der Waals surface area (Å²) in [5.74, 6) is 0.851. The molecular formula is C17H22N4O2. The predicted octanol–water partition coefficient (Wildman–Crippen LogP) is 2.13. The van der Waals surface area contributed by atoms with Crippen LogP contribution in [0.15, 0.2) is 24.5 Å². The molecule has 4 rings (SSSR count). The maximum Gasteiger partial charge on any atom is 0.253 e. The Morgan fingerprint density at radius 3 is 3.04 bits per heavy atom. The molecule has 122 valence electrons. The summed E-state index contributed by atoms with van der Waals surface area (Å²) in [6, 6.07) is 3.87. The molecule has 23 heavy (non-hydrogen) atoms. The highest BCUT2D eigenvalue weighted by Gasteiger charge is 2.33. The van der Waals surface area contributed by atoms with Crippen molar-refractivity contribution in [1.82, 2.24) is 20.1 Å². The zero-order chi connectivity index (χ0) is 15.8. The molecular weight excluding hydrogens is 292 g/mol. The molecule has 6 heteroatoms. The quantitative estimate of drug-likeness (QED) is 0.888. The number of carbonyl (C=O) groups excluding carboxylic acids is 1. The minimum Gasteiger partial charge on any atom is -0.372 e. The fraction of sp³-hybridized carbons (Fsp3) is 0.529. The van der Waals surface area contributed by atoms with Gasteiger partial charge < -0.3 is 15.0 Å². The molecule has 0 radical (unpaired) electrons. The van der Waals surface area contributed by atoms with Crippen LogP contribution in [0, 0.1) is 5.92 Å². The molecule has 0 bridgehead atoms. The highest BCUT2D eigenvalue weighted by atomic mass is 16.5. The van der Waals surface area contributed by atoms with Crippen molar-refractivity contribution in [2.75, 3.05) is 13.2 Å². The molecule has 0 unspecified atom stereocenters. The van der Waals surface area contributed by atoms with Gasteiger partial charge in [-0.3, -0.25) is 9.48 Å². The van der Waals surface area contributed by atoms with Gasteiger partial charge in [0, 0.05) is 44.2 Å². The number of carbonyl (C=O) groups is 1. The minimum atomic E-state index is 0.0110. The third-order valence-electron chi connectivity index (χ3n) is 4.90. The lowest BCUT2D eigenvalue weighted by molar-refractivity contribution is 0.0801. The van der Waals surface area contributed by atoms with Gasteiger partial charge in [-0.15, -0.1) is 0 Å². The SMILES string of the molecule is Cn1nccc1[C@@H]1OCC[C@H]1CNC(=O)c1cc[nH]c1C1CC1. The minimum absolute atomic E-state index is 0.0110. The smallest absolute Gasteiger partial charge is 0.253 e. The number of aromatic amines is 1. The number of hydrogen-bond acceptors (Lipinski definition) is 3. The maximum absolute atomic E-state index is 12.5. The zero-order valence-electron chi connectivity index (χ0n) is 13.3. The van der Waals surface area contributed by atoms with Crippen molar-refractivity contribution >= 4 is 5.91 Å². The summed E-state index contributed by atoms with van der Waals surface area (Å²) in [6.45, 7) is 1.36. The topological polar surface area (TPSA) is 71.9 Å². The molecule has 1 saturated heterocycles. The second-order valence-electron chi connectivity index (χ2n) is 6.51. The van der Waals surface area contributed by atoms with Gasteiger partial charge in [-0.1, -0.05) is 0 Å². The molecule has 6 nitrogen and oxygen atoms in total. The van der Waals surface area contributed by atoms with E-state index in [1.165, 1.54) is 12.8 Å². The fourth-order valence-corrected chi connectivity index (χ4v) is 3.44. The first-order valence-corrected chi connectivity index (χ1v) is 8.29. The number of hydrogen-bond donors (Lipinski definition) is 2. The molecule has 2 aliphatic rings. The molecule has 2 aromatic heterocycles. The van der Waals surface area contributed by atoms with Crippen molar-refractivity contribution in [1.29, 1.82) is 0 Å². The zero-order valence-corrected chi connectivity index (χ0v) is 13.3. The lowest BCUT2D eigenvalue weighted by Crippen LogP contribution is -2.31. The number of rotatable bonds is 5. The van der Waals surface area contributed by atoms with Gasteiger partial charge in [0.1, 0.15) is 6.10 Å². The van der Waals surface area contributed by atoms with Crippen LogP contribution in [0.25, 0.3) is 0 Å². The van der Waals surface area contributed by atoms with Crippen molar-refractivity contribution < 1.29 is 9.53 Å². The lowest BCUT2D eigenvalue weighted by Gasteiger charge is -2.19. The first-order valence-electron chi connectivity index (χ1n) is 8.29. The van der Waals surface area contributed by atoms with E-state index in [1.54, 1.807) is 6.20 Å². The number of aromatic nitrogens is 3. The third-order valence-corrected chi connectivity index (χ3v) is 4.90. The Bertz CT molecular complexity index is 701. The fourth-order valence-electron chi connectivity index (χ4n) is 3.44. The average Bonchev–Trinajstić information content (AvgIpc) is 2.96. The van der Waals surface area contributed by atoms with E-state index in [4.69, 9.17) is 4.74 Å². The summed E-state index contributed by atoms with van der Waals surface area (Å²) in [7, 11) is 1.92. The summed E-state index contributed by atoms with van der Waals surface area (Å²) in [4.78, 5) is 15.7. The molecule has 2 fully saturated rings. The van der Waals surface area contributed by atoms with Gasteiger partial charge >= 0.3 is 0 Å². The maximum atomic E-state index is 12.5. The van der Waals surface area contributed by atoms with Gasteiger partial charge in [0.05, 0.1) is 11.3 Å². The number of ether oxygens (including phenoxy) is 1. The molecule has 1 aliphatic carbocycles. The molecule has 3 heterocycles. The largest absolute Gasteiger partial charge is 0.372 e. The number of H-pyrrole nitrogens is 1. The summed E-state index contributed by atoms with van der Waals surface area (Å²) < 4.78 is 7.72. The Morgan fingerprint density at radius 1 is 1.43 bits per heavy atom. The summed E-state index contributed by atoms with van der Waals surface area (Å²) >= 11 is 0. The second-order valence-corrected chi connectivity index (χ2v) is 6.51. The number of nitrogens with zero attached hydrogens (tertiary/aromatic N) is 2. The van der Waals surface area contributed by atoms with Gasteiger partial charge in [-0.05, 0) is 37.3 Å². The Balaban J connectivity index is 1.41. The van der Waals surface area contributed by atoms with Crippen LogP contribution >= 0.6 is 0 Å². The molecule has 1 saturated carbocycles. The van der Waals surface area contributed by atoms with Gasteiger partial charge in [-0.25, -0.2) is 0 Å². The molecule has 1 aliphatic heterocycles. The van der Waals surface area contributed by atoms with E-state index in [1.807, 2.05) is 30.1 Å². The number of amides is 1. The molecule has 2 aromatic rings. The van der Waals surface area contributed by atoms with E-state index in [0.717, 1.165) is 30.0 Å². The molecule has 0 aromatic carbocycles. The molecule has 1 amide bonds. The van der Waals surface area contributed by atoms with Gasteiger partial charge in [0.2, 0.25) is 0 Å². The van der Waals surface area contributed by atoms with Crippen LogP contribution in [-0.4, -0.2) is 33.8 Å². The van der Waals surface area contributed by atoms with Gasteiger partial charge in [0.15, 0.2) is 0 Å². The molecule has 0 spiro atoms. The van der Waals surface area contributed by atoms with Crippen LogP contribution in [-0.2, 0) is 11.8 Å². The first-order chi connectivity index (χ1) is 11.2. The van der Waals surface area contributed by atoms with Crippen LogP contribution < -0.4 is 5.32 Å². The summed E-state index contributed by atoms with van der Waals surface area (Å²) in [5.41, 5.74) is 2.96. The standard InChI is InChI=1S/C17H22N4O2/c1-21-14(5-8-20-21)16-12(6-9-23-16)10-19-17(22)13-4-7-18-15(13)11-2-3-11/h4-5,7-8,11-12,16,18H,2-3,6,9-10H2,1H3,(H,19,22)/t12-,16+/m0/s1. The Hall–Kier alpha value is -2.08. The summed E-state index contributed by atoms with van der Waals surface area (Å²) in [6.07, 6.45) is 6.98. The average molecular weight is 314 g/mol. The molecule has 2 atom stereocenters. The molecule has 2 N–H and O–H groups in total. The van der Waals surface area contributed by atoms with Crippen molar-refractivity contribution in [2.24, 2.45) is 13.0 Å². The second kappa shape index (κ2) is 5.85. The van der Waals surface area contributed by atoms with Gasteiger partial charge in [0.25, 0.3) is 5.91 Å². The Labute approximate surface area is 135 Å². The van der Waals surface area contributed by atoms with Crippen molar-refractivity contribution in [3.05, 3.63) is 41.5 Å². The van der Waals surface area contributed by atoms with Gasteiger partial charge in [-0.2, -0.15) is 5.10 Å². The van der Waals surface area contributed by atoms with E-state index < -0.39 is 0 Å². The van der Waals surface area contributed by atoms with E-state index >= 15 is 0 Å². The number of aryl methyl sites for hydroxylation is 1. The normalized spacial score (nSPS) is 24.0. The highest BCUT2D eigenvalue weighted by molar-refractivity contribution is 5.95. The van der Waals surface area contributed by atoms with Crippen molar-refractivity contribution in [3.8, 4) is 0 Å². The van der Waals surface area contributed by atoms with Crippen LogP contribution in [0.5, 0.6) is 0 Å². The van der Waals surface area contributed by atoms with Crippen molar-refractivity contribution in [3.63, 3.8) is 0 Å². The van der Waals surface area contributed by atoms with E-state index in [2.05, 4.69) is 15.4 Å². The third kappa shape index (κ3) is 2.79. The Kier molecular flexibility index (Phi) is 3.69. The Morgan fingerprint density at radius 2 is 2.30 bits per heavy atom. The highest BCUT2D eigenvalue weighted by Crippen LogP contribution is 2.40. The van der Waals surface area contributed by atoms with Crippen LogP contribution in [0.1, 0.15) is 53.0 Å². The first kappa shape index (κ1) is 14.5. The van der Waals surface area contributed by atoms with E-state index in [9.17, 15) is 4.79 Å². The van der Waals surface area contributed by atoms with Crippen molar-refractivity contribution in [2.45, 2.75) is 31.3 Å². The van der Waals surface area contributed by atoms with Crippen LogP contribution in [0.4, 0.5) is 0 Å². The van der Waals surface area contributed by atoms with E-state index in [0.29, 0.717) is 12.5 Å². The number of nitrogens with one attached hydrogen (secondary N) is 2. The van der Waals surface area contributed by atoms with Crippen LogP contribution in [0.3, 0.4) is 0 Å². The van der Waals surface area contributed by atoms with Crippen LogP contribution in [0.2, 0.25) is 0 Å². The monoisotopic (exact) mass is 314 g/mol. The van der Waals surface area contributed by atoms with E-state index in [-0.39, 0.29) is 17.9 Å².